The molecule has 0 aliphatic rings. The molecule has 2 nitrogen and oxygen atoms in total. The third-order valence-electron chi connectivity index (χ3n) is 7.21. The predicted molar refractivity (Wildman–Crippen MR) is 162 cm³/mol. The van der Waals surface area contributed by atoms with Crippen molar-refractivity contribution in [3.63, 3.8) is 0 Å². The van der Waals surface area contributed by atoms with E-state index >= 15 is 0 Å². The number of fused-ring (bicyclic) bond motifs is 2. The zero-order chi connectivity index (χ0) is 26.5. The summed E-state index contributed by atoms with van der Waals surface area (Å²) in [5.74, 6) is 0.944. The van der Waals surface area contributed by atoms with Gasteiger partial charge in [-0.1, -0.05) is 104 Å². The third-order valence-corrected chi connectivity index (χ3v) is 7.21. The van der Waals surface area contributed by atoms with Crippen molar-refractivity contribution in [3.8, 4) is 28.0 Å². The standard InChI is InChI=1S/C36H38O2/c1-5-7-20-38-34-18-15-30-23-28(27-10-8-9-25(3)21-27)14-17-33(30)36(34)35-31(24-37-19-6-2)13-12-29-22-26(4)11-16-32(29)35/h8-18,21-23H,5-7,19-20,24H2,1-4H3. The van der Waals surface area contributed by atoms with Crippen molar-refractivity contribution in [2.45, 2.75) is 53.6 Å². The van der Waals surface area contributed by atoms with Crippen LogP contribution < -0.4 is 4.74 Å². The van der Waals surface area contributed by atoms with Crippen LogP contribution in [-0.2, 0) is 11.3 Å². The Balaban J connectivity index is 1.76. The minimum Gasteiger partial charge on any atom is -0.493 e. The maximum Gasteiger partial charge on any atom is 0.127 e. The smallest absolute Gasteiger partial charge is 0.127 e. The van der Waals surface area contributed by atoms with Gasteiger partial charge in [0.05, 0.1) is 13.2 Å². The average Bonchev–Trinajstić information content (AvgIpc) is 2.93. The van der Waals surface area contributed by atoms with Crippen LogP contribution in [0.2, 0.25) is 0 Å². The molecule has 0 atom stereocenters. The van der Waals surface area contributed by atoms with Crippen LogP contribution in [0.25, 0.3) is 43.8 Å². The molecule has 5 aromatic carbocycles. The lowest BCUT2D eigenvalue weighted by Gasteiger charge is -2.20. The molecule has 194 valence electrons. The molecule has 0 fully saturated rings. The van der Waals surface area contributed by atoms with Gasteiger partial charge in [0, 0.05) is 12.2 Å². The van der Waals surface area contributed by atoms with Gasteiger partial charge in [-0.2, -0.15) is 0 Å². The second kappa shape index (κ2) is 11.8. The first-order valence-electron chi connectivity index (χ1n) is 14.0. The average molecular weight is 503 g/mol. The van der Waals surface area contributed by atoms with Crippen molar-refractivity contribution in [1.29, 1.82) is 0 Å². The third kappa shape index (κ3) is 5.47. The lowest BCUT2D eigenvalue weighted by atomic mass is 9.88. The number of hydrogen-bond donors (Lipinski definition) is 0. The summed E-state index contributed by atoms with van der Waals surface area (Å²) in [5, 5.41) is 4.91. The molecule has 0 aliphatic heterocycles. The van der Waals surface area contributed by atoms with Gasteiger partial charge < -0.3 is 9.47 Å². The Morgan fingerprint density at radius 3 is 2.16 bits per heavy atom. The normalized spacial score (nSPS) is 11.4. The van der Waals surface area contributed by atoms with Crippen molar-refractivity contribution in [2.75, 3.05) is 13.2 Å². The van der Waals surface area contributed by atoms with Crippen LogP contribution in [0.5, 0.6) is 5.75 Å². The molecule has 0 spiro atoms. The zero-order valence-corrected chi connectivity index (χ0v) is 23.1. The molecule has 5 aromatic rings. The summed E-state index contributed by atoms with van der Waals surface area (Å²) < 4.78 is 12.6. The molecule has 0 amide bonds. The molecule has 0 saturated carbocycles. The number of ether oxygens (including phenoxy) is 2. The number of unbranched alkanes of at least 4 members (excludes halogenated alkanes) is 1. The van der Waals surface area contributed by atoms with Gasteiger partial charge in [0.15, 0.2) is 0 Å². The van der Waals surface area contributed by atoms with E-state index in [9.17, 15) is 0 Å². The molecule has 38 heavy (non-hydrogen) atoms. The van der Waals surface area contributed by atoms with Crippen molar-refractivity contribution >= 4 is 21.5 Å². The first kappa shape index (κ1) is 26.0. The quantitative estimate of drug-likeness (QED) is 0.177. The fraction of sp³-hybridized carbons (Fsp3) is 0.278. The highest BCUT2D eigenvalue weighted by atomic mass is 16.5. The fourth-order valence-corrected chi connectivity index (χ4v) is 5.25. The highest BCUT2D eigenvalue weighted by molar-refractivity contribution is 6.09. The Hall–Kier alpha value is -3.62. The van der Waals surface area contributed by atoms with Crippen LogP contribution in [0, 0.1) is 13.8 Å². The summed E-state index contributed by atoms with van der Waals surface area (Å²) in [7, 11) is 0. The Labute approximate surface area is 227 Å². The topological polar surface area (TPSA) is 18.5 Å². The molecule has 0 aliphatic carbocycles. The molecule has 0 aromatic heterocycles. The lowest BCUT2D eigenvalue weighted by Crippen LogP contribution is -2.02. The van der Waals surface area contributed by atoms with E-state index in [1.54, 1.807) is 0 Å². The van der Waals surface area contributed by atoms with E-state index in [-0.39, 0.29) is 0 Å². The number of hydrogen-bond acceptors (Lipinski definition) is 2. The highest BCUT2D eigenvalue weighted by Crippen LogP contribution is 2.44. The van der Waals surface area contributed by atoms with Crippen LogP contribution in [0.15, 0.2) is 84.9 Å². The summed E-state index contributed by atoms with van der Waals surface area (Å²) in [6.07, 6.45) is 3.14. The molecule has 0 heterocycles. The van der Waals surface area contributed by atoms with Gasteiger partial charge in [-0.3, -0.25) is 0 Å². The van der Waals surface area contributed by atoms with Crippen LogP contribution in [0.1, 0.15) is 49.8 Å². The Kier molecular flexibility index (Phi) is 8.10. The van der Waals surface area contributed by atoms with Crippen molar-refractivity contribution in [3.05, 3.63) is 102 Å². The number of benzene rings is 5. The predicted octanol–water partition coefficient (Wildman–Crippen LogP) is 10.0. The van der Waals surface area contributed by atoms with Crippen molar-refractivity contribution in [1.82, 2.24) is 0 Å². The minimum absolute atomic E-state index is 0.582. The van der Waals surface area contributed by atoms with Gasteiger partial charge in [0.2, 0.25) is 0 Å². The Morgan fingerprint density at radius 1 is 0.605 bits per heavy atom. The molecule has 0 saturated heterocycles. The molecule has 5 rings (SSSR count). The molecule has 0 radical (unpaired) electrons. The van der Waals surface area contributed by atoms with Gasteiger partial charge in [-0.15, -0.1) is 0 Å². The SMILES string of the molecule is CCCCOc1ccc2cc(-c3cccc(C)c3)ccc2c1-c1c(COCCC)ccc2cc(C)ccc12. The lowest BCUT2D eigenvalue weighted by molar-refractivity contribution is 0.122. The van der Waals surface area contributed by atoms with Gasteiger partial charge in [-0.25, -0.2) is 0 Å². The van der Waals surface area contributed by atoms with Crippen molar-refractivity contribution in [2.24, 2.45) is 0 Å². The van der Waals surface area contributed by atoms with Crippen LogP contribution in [0.4, 0.5) is 0 Å². The van der Waals surface area contributed by atoms with E-state index in [0.717, 1.165) is 31.6 Å². The van der Waals surface area contributed by atoms with E-state index < -0.39 is 0 Å². The first-order chi connectivity index (χ1) is 18.6. The zero-order valence-electron chi connectivity index (χ0n) is 23.1. The van der Waals surface area contributed by atoms with Gasteiger partial charge >= 0.3 is 0 Å². The van der Waals surface area contributed by atoms with E-state index in [4.69, 9.17) is 9.47 Å². The van der Waals surface area contributed by atoms with E-state index in [0.29, 0.717) is 13.2 Å². The molecule has 0 N–H and O–H groups in total. The second-order valence-electron chi connectivity index (χ2n) is 10.3. The Morgan fingerprint density at radius 2 is 1.34 bits per heavy atom. The summed E-state index contributed by atoms with van der Waals surface area (Å²) in [6, 6.07) is 31.1. The van der Waals surface area contributed by atoms with E-state index in [1.807, 2.05) is 0 Å². The summed E-state index contributed by atoms with van der Waals surface area (Å²) in [4.78, 5) is 0. The van der Waals surface area contributed by atoms with Gasteiger partial charge in [0.1, 0.15) is 5.75 Å². The number of aryl methyl sites for hydroxylation is 2. The molecular weight excluding hydrogens is 464 g/mol. The van der Waals surface area contributed by atoms with Crippen LogP contribution in [0.3, 0.4) is 0 Å². The highest BCUT2D eigenvalue weighted by Gasteiger charge is 2.19. The maximum absolute atomic E-state index is 6.48. The largest absolute Gasteiger partial charge is 0.493 e. The van der Waals surface area contributed by atoms with Gasteiger partial charge in [-0.05, 0) is 82.6 Å². The number of rotatable bonds is 10. The summed E-state index contributed by atoms with van der Waals surface area (Å²) in [5.41, 5.74) is 8.59. The molecule has 0 unspecified atom stereocenters. The monoisotopic (exact) mass is 502 g/mol. The van der Waals surface area contributed by atoms with Crippen molar-refractivity contribution < 1.29 is 9.47 Å². The molecule has 2 heteroatoms. The minimum atomic E-state index is 0.582. The van der Waals surface area contributed by atoms with Crippen LogP contribution in [-0.4, -0.2) is 13.2 Å². The van der Waals surface area contributed by atoms with Crippen LogP contribution >= 0.6 is 0 Å². The molecular formula is C36H38O2. The second-order valence-corrected chi connectivity index (χ2v) is 10.3. The van der Waals surface area contributed by atoms with E-state index in [2.05, 4.69) is 113 Å². The first-order valence-corrected chi connectivity index (χ1v) is 14.0. The van der Waals surface area contributed by atoms with Gasteiger partial charge in [0.25, 0.3) is 0 Å². The molecule has 0 bridgehead atoms. The maximum atomic E-state index is 6.48. The Bertz CT molecular complexity index is 1560. The fourth-order valence-electron chi connectivity index (χ4n) is 5.25. The summed E-state index contributed by atoms with van der Waals surface area (Å²) >= 11 is 0. The summed E-state index contributed by atoms with van der Waals surface area (Å²) in [6.45, 7) is 10.7. The van der Waals surface area contributed by atoms with E-state index in [1.165, 1.54) is 60.5 Å².